The number of carbonyl (C=O) groups is 1. The van der Waals surface area contributed by atoms with Crippen LogP contribution in [0.5, 0.6) is 0 Å². The Kier molecular flexibility index (Phi) is 3.56. The predicted molar refractivity (Wildman–Crippen MR) is 67.8 cm³/mol. The van der Waals surface area contributed by atoms with Crippen LogP contribution in [0.3, 0.4) is 0 Å². The first kappa shape index (κ1) is 12.5. The average molecular weight is 281 g/mol. The Bertz CT molecular complexity index is 644. The molecule has 0 atom stereocenters. The number of amides is 1. The molecular weight excluding hydrogens is 275 g/mol. The van der Waals surface area contributed by atoms with Crippen molar-refractivity contribution in [2.24, 2.45) is 0 Å². The first-order valence-corrected chi connectivity index (χ1v) is 5.62. The van der Waals surface area contributed by atoms with Crippen molar-refractivity contribution in [3.8, 4) is 6.07 Å². The SMILES string of the molecule is N#Cc1cc(NC(=O)c2ccc(Cl)o2)ccc1Cl. The highest BCUT2D eigenvalue weighted by atomic mass is 35.5. The molecule has 1 aromatic heterocycles. The van der Waals surface area contributed by atoms with Crippen molar-refractivity contribution < 1.29 is 9.21 Å². The van der Waals surface area contributed by atoms with E-state index in [2.05, 4.69) is 5.32 Å². The zero-order valence-electron chi connectivity index (χ0n) is 8.91. The van der Waals surface area contributed by atoms with Gasteiger partial charge in [-0.2, -0.15) is 5.26 Å². The molecule has 4 nitrogen and oxygen atoms in total. The summed E-state index contributed by atoms with van der Waals surface area (Å²) in [5.74, 6) is -0.360. The average Bonchev–Trinajstić information content (AvgIpc) is 2.78. The first-order chi connectivity index (χ1) is 8.60. The molecule has 0 unspecified atom stereocenters. The molecule has 6 heteroatoms. The molecule has 0 saturated carbocycles. The van der Waals surface area contributed by atoms with Crippen molar-refractivity contribution in [3.05, 3.63) is 51.9 Å². The van der Waals surface area contributed by atoms with Gasteiger partial charge in [-0.1, -0.05) is 11.6 Å². The monoisotopic (exact) mass is 280 g/mol. The molecule has 1 N–H and O–H groups in total. The Morgan fingerprint density at radius 3 is 2.67 bits per heavy atom. The normalized spacial score (nSPS) is 9.83. The molecule has 0 spiro atoms. The Balaban J connectivity index is 2.20. The van der Waals surface area contributed by atoms with Gasteiger partial charge in [0.2, 0.25) is 0 Å². The molecular formula is C12H6Cl2N2O2. The number of rotatable bonds is 2. The van der Waals surface area contributed by atoms with Crippen molar-refractivity contribution in [2.75, 3.05) is 5.32 Å². The molecule has 1 heterocycles. The zero-order chi connectivity index (χ0) is 13.1. The lowest BCUT2D eigenvalue weighted by Gasteiger charge is -2.04. The van der Waals surface area contributed by atoms with Gasteiger partial charge in [0.25, 0.3) is 5.91 Å². The van der Waals surface area contributed by atoms with E-state index in [1.807, 2.05) is 6.07 Å². The van der Waals surface area contributed by atoms with Gasteiger partial charge in [-0.15, -0.1) is 0 Å². The molecule has 2 rings (SSSR count). The molecule has 0 aliphatic heterocycles. The van der Waals surface area contributed by atoms with E-state index in [1.165, 1.54) is 24.3 Å². The largest absolute Gasteiger partial charge is 0.440 e. The molecule has 0 saturated heterocycles. The van der Waals surface area contributed by atoms with Crippen molar-refractivity contribution in [1.82, 2.24) is 0 Å². The van der Waals surface area contributed by atoms with E-state index < -0.39 is 5.91 Å². The van der Waals surface area contributed by atoms with Crippen LogP contribution in [0.2, 0.25) is 10.2 Å². The summed E-state index contributed by atoms with van der Waals surface area (Å²) in [6, 6.07) is 9.45. The highest BCUT2D eigenvalue weighted by molar-refractivity contribution is 6.31. The fraction of sp³-hybridized carbons (Fsp3) is 0. The summed E-state index contributed by atoms with van der Waals surface area (Å²) in [4.78, 5) is 11.7. The van der Waals surface area contributed by atoms with E-state index in [0.29, 0.717) is 10.7 Å². The van der Waals surface area contributed by atoms with Crippen LogP contribution in [-0.4, -0.2) is 5.91 Å². The predicted octanol–water partition coefficient (Wildman–Crippen LogP) is 3.71. The Morgan fingerprint density at radius 1 is 1.28 bits per heavy atom. The first-order valence-electron chi connectivity index (χ1n) is 4.86. The van der Waals surface area contributed by atoms with Gasteiger partial charge >= 0.3 is 0 Å². The van der Waals surface area contributed by atoms with Gasteiger partial charge in [0.05, 0.1) is 10.6 Å². The maximum Gasteiger partial charge on any atom is 0.291 e. The highest BCUT2D eigenvalue weighted by Crippen LogP contribution is 2.21. The number of hydrogen-bond acceptors (Lipinski definition) is 3. The molecule has 0 radical (unpaired) electrons. The fourth-order valence-electron chi connectivity index (χ4n) is 1.32. The number of hydrogen-bond donors (Lipinski definition) is 1. The summed E-state index contributed by atoms with van der Waals surface area (Å²) in [5.41, 5.74) is 0.736. The molecule has 0 aliphatic rings. The highest BCUT2D eigenvalue weighted by Gasteiger charge is 2.11. The van der Waals surface area contributed by atoms with Crippen LogP contribution >= 0.6 is 23.2 Å². The second-order valence-electron chi connectivity index (χ2n) is 3.36. The Hall–Kier alpha value is -1.96. The summed E-state index contributed by atoms with van der Waals surface area (Å²) >= 11 is 11.4. The van der Waals surface area contributed by atoms with Crippen LogP contribution in [0.4, 0.5) is 5.69 Å². The van der Waals surface area contributed by atoms with Crippen LogP contribution in [-0.2, 0) is 0 Å². The molecule has 1 aromatic carbocycles. The molecule has 0 aliphatic carbocycles. The van der Waals surface area contributed by atoms with Gasteiger partial charge in [-0.25, -0.2) is 0 Å². The van der Waals surface area contributed by atoms with Crippen molar-refractivity contribution in [3.63, 3.8) is 0 Å². The van der Waals surface area contributed by atoms with Gasteiger partial charge in [-0.3, -0.25) is 4.79 Å². The van der Waals surface area contributed by atoms with Gasteiger partial charge in [0, 0.05) is 5.69 Å². The maximum absolute atomic E-state index is 11.7. The van der Waals surface area contributed by atoms with Gasteiger partial charge in [0.1, 0.15) is 6.07 Å². The van der Waals surface area contributed by atoms with E-state index in [1.54, 1.807) is 6.07 Å². The number of benzene rings is 1. The maximum atomic E-state index is 11.7. The lowest BCUT2D eigenvalue weighted by Crippen LogP contribution is -2.10. The van der Waals surface area contributed by atoms with E-state index >= 15 is 0 Å². The number of carbonyl (C=O) groups excluding carboxylic acids is 1. The van der Waals surface area contributed by atoms with E-state index in [4.69, 9.17) is 32.9 Å². The molecule has 0 bridgehead atoms. The number of nitriles is 1. The van der Waals surface area contributed by atoms with Gasteiger partial charge in [0.15, 0.2) is 11.0 Å². The molecule has 2 aromatic rings. The number of halogens is 2. The summed E-state index contributed by atoms with van der Waals surface area (Å²) < 4.78 is 4.96. The van der Waals surface area contributed by atoms with Gasteiger partial charge in [-0.05, 0) is 41.9 Å². The van der Waals surface area contributed by atoms with Crippen LogP contribution in [0, 0.1) is 11.3 Å². The third-order valence-corrected chi connectivity index (χ3v) is 2.67. The summed E-state index contributed by atoms with van der Waals surface area (Å²) in [6.45, 7) is 0. The minimum atomic E-state index is -0.451. The minimum Gasteiger partial charge on any atom is -0.440 e. The molecule has 1 amide bonds. The Labute approximate surface area is 113 Å². The van der Waals surface area contributed by atoms with E-state index in [0.717, 1.165) is 0 Å². The van der Waals surface area contributed by atoms with Crippen LogP contribution in [0.25, 0.3) is 0 Å². The zero-order valence-corrected chi connectivity index (χ0v) is 10.4. The second-order valence-corrected chi connectivity index (χ2v) is 4.14. The van der Waals surface area contributed by atoms with E-state index in [9.17, 15) is 4.79 Å². The summed E-state index contributed by atoms with van der Waals surface area (Å²) in [7, 11) is 0. The summed E-state index contributed by atoms with van der Waals surface area (Å²) in [5, 5.41) is 11.9. The number of furan rings is 1. The minimum absolute atomic E-state index is 0.0912. The molecule has 0 fully saturated rings. The van der Waals surface area contributed by atoms with Gasteiger partial charge < -0.3 is 9.73 Å². The summed E-state index contributed by atoms with van der Waals surface area (Å²) in [6.07, 6.45) is 0. The van der Waals surface area contributed by atoms with Crippen molar-refractivity contribution in [1.29, 1.82) is 5.26 Å². The molecule has 90 valence electrons. The van der Waals surface area contributed by atoms with Crippen LogP contribution in [0.15, 0.2) is 34.7 Å². The van der Waals surface area contributed by atoms with Crippen LogP contribution in [0.1, 0.15) is 16.1 Å². The lowest BCUT2D eigenvalue weighted by atomic mass is 10.2. The van der Waals surface area contributed by atoms with Crippen molar-refractivity contribution in [2.45, 2.75) is 0 Å². The topological polar surface area (TPSA) is 66.0 Å². The van der Waals surface area contributed by atoms with Crippen molar-refractivity contribution >= 4 is 34.8 Å². The van der Waals surface area contributed by atoms with E-state index in [-0.39, 0.29) is 16.5 Å². The fourth-order valence-corrected chi connectivity index (χ4v) is 1.62. The molecule has 18 heavy (non-hydrogen) atoms. The number of nitrogens with zero attached hydrogens (tertiary/aromatic N) is 1. The third-order valence-electron chi connectivity index (χ3n) is 2.14. The third kappa shape index (κ3) is 2.65. The van der Waals surface area contributed by atoms with Crippen LogP contribution < -0.4 is 5.32 Å². The number of nitrogens with one attached hydrogen (secondary N) is 1. The Morgan fingerprint density at radius 2 is 2.06 bits per heavy atom. The smallest absolute Gasteiger partial charge is 0.291 e. The quantitative estimate of drug-likeness (QED) is 0.912. The standard InChI is InChI=1S/C12H6Cl2N2O2/c13-9-2-1-8(5-7(9)6-15)16-12(17)10-3-4-11(14)18-10/h1-5H,(H,16,17). The number of anilines is 1. The lowest BCUT2D eigenvalue weighted by molar-refractivity contribution is 0.0997. The second kappa shape index (κ2) is 5.13.